The van der Waals surface area contributed by atoms with E-state index in [9.17, 15) is 9.59 Å². The molecule has 0 atom stereocenters. The average Bonchev–Trinajstić information content (AvgIpc) is 2.53. The minimum Gasteiger partial charge on any atom is -0.353 e. The van der Waals surface area contributed by atoms with Gasteiger partial charge in [0.25, 0.3) is 0 Å². The molecule has 0 aromatic carbocycles. The van der Waals surface area contributed by atoms with Crippen molar-refractivity contribution in [2.24, 2.45) is 23.2 Å². The summed E-state index contributed by atoms with van der Waals surface area (Å²) in [5.41, 5.74) is 0.314. The fourth-order valence-electron chi connectivity index (χ4n) is 6.48. The number of nitrogens with one attached hydrogen (secondary N) is 1. The molecule has 1 heterocycles. The van der Waals surface area contributed by atoms with Crippen molar-refractivity contribution in [3.8, 4) is 0 Å². The number of likely N-dealkylation sites (tertiary alicyclic amines) is 1. The average molecular weight is 353 g/mol. The molecule has 0 radical (unpaired) electrons. The number of carbonyl (C=O) groups is 2. The van der Waals surface area contributed by atoms with E-state index in [1.54, 1.807) is 0 Å². The molecular weight excluding hydrogens is 324 g/mol. The third kappa shape index (κ3) is 3.31. The summed E-state index contributed by atoms with van der Waals surface area (Å²) in [5.74, 6) is 3.01. The number of halogens is 1. The van der Waals surface area contributed by atoms with E-state index in [1.807, 2.05) is 4.90 Å². The van der Waals surface area contributed by atoms with Crippen LogP contribution in [0.1, 0.15) is 57.8 Å². The third-order valence-corrected chi connectivity index (χ3v) is 7.26. The predicted molar refractivity (Wildman–Crippen MR) is 93.7 cm³/mol. The number of carbonyl (C=O) groups excluding carboxylic acids is 2. The second-order valence-corrected chi connectivity index (χ2v) is 9.22. The number of piperidine rings is 1. The van der Waals surface area contributed by atoms with E-state index in [1.165, 1.54) is 38.5 Å². The molecule has 24 heavy (non-hydrogen) atoms. The van der Waals surface area contributed by atoms with Crippen LogP contribution in [0.4, 0.5) is 0 Å². The van der Waals surface area contributed by atoms with Gasteiger partial charge in [0.2, 0.25) is 11.8 Å². The maximum absolute atomic E-state index is 12.7. The summed E-state index contributed by atoms with van der Waals surface area (Å²) >= 11 is 5.62. The summed E-state index contributed by atoms with van der Waals surface area (Å²) in [4.78, 5) is 26.1. The molecule has 0 aromatic heterocycles. The minimum absolute atomic E-state index is 0.00927. The lowest BCUT2D eigenvalue weighted by Crippen LogP contribution is -2.50. The molecule has 0 aromatic rings. The number of hydrogen-bond acceptors (Lipinski definition) is 2. The Morgan fingerprint density at radius 1 is 1.00 bits per heavy atom. The van der Waals surface area contributed by atoms with Gasteiger partial charge in [-0.25, -0.2) is 0 Å². The maximum Gasteiger partial charge on any atom is 0.237 e. The molecule has 5 aliphatic rings. The van der Waals surface area contributed by atoms with E-state index in [-0.39, 0.29) is 23.7 Å². The molecule has 4 aliphatic carbocycles. The van der Waals surface area contributed by atoms with Crippen LogP contribution in [0.2, 0.25) is 0 Å². The first-order valence-electron chi connectivity index (χ1n) is 9.68. The smallest absolute Gasteiger partial charge is 0.237 e. The second-order valence-electron chi connectivity index (χ2n) is 8.95. The second kappa shape index (κ2) is 6.51. The maximum atomic E-state index is 12.7. The van der Waals surface area contributed by atoms with Gasteiger partial charge in [0.05, 0.1) is 0 Å². The van der Waals surface area contributed by atoms with Gasteiger partial charge in [0.1, 0.15) is 5.88 Å². The number of hydrogen-bond donors (Lipinski definition) is 1. The largest absolute Gasteiger partial charge is 0.353 e. The molecule has 5 heteroatoms. The number of amides is 2. The Hall–Kier alpha value is -0.770. The Balaban J connectivity index is 1.28. The highest BCUT2D eigenvalue weighted by Gasteiger charge is 2.51. The fourth-order valence-corrected chi connectivity index (χ4v) is 6.65. The van der Waals surface area contributed by atoms with Gasteiger partial charge in [-0.1, -0.05) is 0 Å². The normalized spacial score (nSPS) is 38.4. The molecule has 134 valence electrons. The van der Waals surface area contributed by atoms with Crippen LogP contribution in [-0.4, -0.2) is 41.7 Å². The van der Waals surface area contributed by atoms with Crippen molar-refractivity contribution in [3.63, 3.8) is 0 Å². The summed E-state index contributed by atoms with van der Waals surface area (Å²) in [5, 5.41) is 3.26. The van der Waals surface area contributed by atoms with Crippen LogP contribution < -0.4 is 5.32 Å². The van der Waals surface area contributed by atoms with E-state index >= 15 is 0 Å². The first-order valence-corrected chi connectivity index (χ1v) is 10.2. The lowest BCUT2D eigenvalue weighted by atomic mass is 9.49. The van der Waals surface area contributed by atoms with Crippen LogP contribution >= 0.6 is 11.6 Å². The molecule has 5 rings (SSSR count). The van der Waals surface area contributed by atoms with Crippen LogP contribution in [0.5, 0.6) is 0 Å². The van der Waals surface area contributed by atoms with Crippen molar-refractivity contribution in [2.75, 3.05) is 19.0 Å². The highest BCUT2D eigenvalue weighted by Crippen LogP contribution is 2.61. The zero-order chi connectivity index (χ0) is 16.7. The lowest BCUT2D eigenvalue weighted by molar-refractivity contribution is -0.131. The highest BCUT2D eigenvalue weighted by molar-refractivity contribution is 6.27. The van der Waals surface area contributed by atoms with Gasteiger partial charge in [-0.05, 0) is 74.5 Å². The van der Waals surface area contributed by atoms with Gasteiger partial charge in [-0.2, -0.15) is 0 Å². The molecule has 5 fully saturated rings. The van der Waals surface area contributed by atoms with Crippen molar-refractivity contribution in [1.29, 1.82) is 0 Å². The van der Waals surface area contributed by atoms with E-state index < -0.39 is 0 Å². The predicted octanol–water partition coefficient (Wildman–Crippen LogP) is 2.94. The lowest BCUT2D eigenvalue weighted by Gasteiger charge is -2.56. The van der Waals surface area contributed by atoms with Crippen LogP contribution in [0, 0.1) is 23.2 Å². The number of alkyl halides is 1. The molecular formula is C19H29ClN2O2. The Bertz CT molecular complexity index is 478. The fraction of sp³-hybridized carbons (Fsp3) is 0.895. The molecule has 4 nitrogen and oxygen atoms in total. The van der Waals surface area contributed by atoms with Gasteiger partial charge < -0.3 is 10.2 Å². The highest BCUT2D eigenvalue weighted by atomic mass is 35.5. The van der Waals surface area contributed by atoms with Gasteiger partial charge in [0, 0.05) is 25.6 Å². The Morgan fingerprint density at radius 3 is 2.04 bits per heavy atom. The Labute approximate surface area is 149 Å². The molecule has 2 amide bonds. The molecule has 4 bridgehead atoms. The van der Waals surface area contributed by atoms with Crippen molar-refractivity contribution in [3.05, 3.63) is 0 Å². The molecule has 1 aliphatic heterocycles. The standard InChI is InChI=1S/C19H29ClN2O2/c20-12-18(24)22-3-1-16(2-4-22)21-17(23)11-19-8-13-5-14(9-19)7-15(6-13)10-19/h13-16H,1-12H2,(H,21,23). The molecule has 0 unspecified atom stereocenters. The van der Waals surface area contributed by atoms with Crippen molar-refractivity contribution in [1.82, 2.24) is 10.2 Å². The molecule has 0 spiro atoms. The third-order valence-electron chi connectivity index (χ3n) is 7.03. The van der Waals surface area contributed by atoms with Crippen LogP contribution in [0.15, 0.2) is 0 Å². The molecule has 1 N–H and O–H groups in total. The monoisotopic (exact) mass is 352 g/mol. The van der Waals surface area contributed by atoms with Crippen LogP contribution in [0.3, 0.4) is 0 Å². The summed E-state index contributed by atoms with van der Waals surface area (Å²) in [7, 11) is 0. The zero-order valence-electron chi connectivity index (χ0n) is 14.4. The Kier molecular flexibility index (Phi) is 4.53. The van der Waals surface area contributed by atoms with Crippen molar-refractivity contribution >= 4 is 23.4 Å². The zero-order valence-corrected chi connectivity index (χ0v) is 15.2. The SMILES string of the molecule is O=C(CC12CC3CC(CC(C3)C1)C2)NC1CCN(C(=O)CCl)CC1. The first-order chi connectivity index (χ1) is 11.5. The van der Waals surface area contributed by atoms with Crippen LogP contribution in [-0.2, 0) is 9.59 Å². The number of rotatable bonds is 4. The summed E-state index contributed by atoms with van der Waals surface area (Å²) in [6, 6.07) is 0.228. The Morgan fingerprint density at radius 2 is 1.54 bits per heavy atom. The van der Waals surface area contributed by atoms with Gasteiger partial charge in [-0.15, -0.1) is 11.6 Å². The molecule has 1 saturated heterocycles. The molecule has 4 saturated carbocycles. The van der Waals surface area contributed by atoms with Crippen molar-refractivity contribution < 1.29 is 9.59 Å². The number of nitrogens with zero attached hydrogens (tertiary/aromatic N) is 1. The topological polar surface area (TPSA) is 49.4 Å². The van der Waals surface area contributed by atoms with Gasteiger partial charge in [-0.3, -0.25) is 9.59 Å². The van der Waals surface area contributed by atoms with Crippen molar-refractivity contribution in [2.45, 2.75) is 63.8 Å². The summed E-state index contributed by atoms with van der Waals surface area (Å²) in [6.45, 7) is 1.43. The van der Waals surface area contributed by atoms with E-state index in [0.717, 1.165) is 37.0 Å². The van der Waals surface area contributed by atoms with E-state index in [0.29, 0.717) is 18.5 Å². The minimum atomic E-state index is 0.00927. The quantitative estimate of drug-likeness (QED) is 0.791. The van der Waals surface area contributed by atoms with E-state index in [4.69, 9.17) is 11.6 Å². The van der Waals surface area contributed by atoms with E-state index in [2.05, 4.69) is 5.32 Å². The van der Waals surface area contributed by atoms with Crippen LogP contribution in [0.25, 0.3) is 0 Å². The summed E-state index contributed by atoms with van der Waals surface area (Å²) < 4.78 is 0. The van der Waals surface area contributed by atoms with Gasteiger partial charge >= 0.3 is 0 Å². The summed E-state index contributed by atoms with van der Waals surface area (Å²) in [6.07, 6.45) is 10.6. The first kappa shape index (κ1) is 16.7. The van der Waals surface area contributed by atoms with Gasteiger partial charge in [0.15, 0.2) is 0 Å².